The lowest BCUT2D eigenvalue weighted by atomic mass is 10.3. The first-order valence-electron chi connectivity index (χ1n) is 5.11. The molecule has 7 heteroatoms. The van der Waals surface area contributed by atoms with E-state index in [0.717, 1.165) is 5.03 Å². The maximum atomic E-state index is 12.0. The van der Waals surface area contributed by atoms with Crippen molar-refractivity contribution in [3.8, 4) is 0 Å². The van der Waals surface area contributed by atoms with Gasteiger partial charge in [-0.25, -0.2) is 4.98 Å². The summed E-state index contributed by atoms with van der Waals surface area (Å²) in [5.41, 5.74) is 0.854. The Labute approximate surface area is 114 Å². The molecule has 0 saturated heterocycles. The van der Waals surface area contributed by atoms with Crippen molar-refractivity contribution in [1.82, 2.24) is 14.8 Å². The zero-order valence-electron chi connectivity index (χ0n) is 9.85. The monoisotopic (exact) mass is 282 g/mol. The van der Waals surface area contributed by atoms with Crippen LogP contribution in [0.5, 0.6) is 0 Å². The molecule has 0 radical (unpaired) electrons. The quantitative estimate of drug-likeness (QED) is 0.879. The third-order valence-electron chi connectivity index (χ3n) is 2.21. The molecule has 2 heterocycles. The van der Waals surface area contributed by atoms with Crippen LogP contribution in [0.2, 0.25) is 5.02 Å². The maximum absolute atomic E-state index is 12.0. The fourth-order valence-corrected chi connectivity index (χ4v) is 2.21. The Morgan fingerprint density at radius 2 is 2.33 bits per heavy atom. The lowest BCUT2D eigenvalue weighted by molar-refractivity contribution is 0.102. The highest BCUT2D eigenvalue weighted by molar-refractivity contribution is 7.98. The van der Waals surface area contributed by atoms with Crippen LogP contribution >= 0.6 is 23.4 Å². The number of carbonyl (C=O) groups excluding carboxylic acids is 1. The molecule has 0 aliphatic heterocycles. The van der Waals surface area contributed by atoms with Gasteiger partial charge in [0.2, 0.25) is 0 Å². The van der Waals surface area contributed by atoms with Crippen molar-refractivity contribution < 1.29 is 4.79 Å². The molecule has 0 aliphatic rings. The number of thioether (sulfide) groups is 1. The number of carbonyl (C=O) groups is 1. The molecule has 2 aromatic heterocycles. The number of nitrogens with one attached hydrogen (secondary N) is 1. The van der Waals surface area contributed by atoms with Gasteiger partial charge in [0.15, 0.2) is 5.69 Å². The van der Waals surface area contributed by atoms with Crippen LogP contribution < -0.4 is 5.32 Å². The van der Waals surface area contributed by atoms with Gasteiger partial charge in [0.25, 0.3) is 5.91 Å². The molecule has 0 saturated carbocycles. The second-order valence-electron chi connectivity index (χ2n) is 3.51. The van der Waals surface area contributed by atoms with Crippen molar-refractivity contribution in [3.05, 3.63) is 35.2 Å². The van der Waals surface area contributed by atoms with E-state index < -0.39 is 0 Å². The Kier molecular flexibility index (Phi) is 3.88. The smallest absolute Gasteiger partial charge is 0.277 e. The largest absolute Gasteiger partial charge is 0.318 e. The molecular weight excluding hydrogens is 272 g/mol. The van der Waals surface area contributed by atoms with Crippen LogP contribution in [0.25, 0.3) is 0 Å². The summed E-state index contributed by atoms with van der Waals surface area (Å²) in [5.74, 6) is -0.344. The summed E-state index contributed by atoms with van der Waals surface area (Å²) in [6.07, 6.45) is 5.15. The van der Waals surface area contributed by atoms with E-state index >= 15 is 0 Å². The molecule has 0 aliphatic carbocycles. The first kappa shape index (κ1) is 12.9. The van der Waals surface area contributed by atoms with E-state index in [0.29, 0.717) is 10.7 Å². The maximum Gasteiger partial charge on any atom is 0.277 e. The zero-order valence-corrected chi connectivity index (χ0v) is 11.4. The van der Waals surface area contributed by atoms with E-state index in [9.17, 15) is 4.79 Å². The van der Waals surface area contributed by atoms with E-state index in [-0.39, 0.29) is 11.6 Å². The summed E-state index contributed by atoms with van der Waals surface area (Å²) in [4.78, 5) is 16.2. The third kappa shape index (κ3) is 2.65. The van der Waals surface area contributed by atoms with Crippen molar-refractivity contribution in [2.75, 3.05) is 11.6 Å². The number of pyridine rings is 1. The van der Waals surface area contributed by atoms with Gasteiger partial charge < -0.3 is 5.32 Å². The van der Waals surface area contributed by atoms with Crippen molar-refractivity contribution >= 4 is 35.0 Å². The number of aromatic nitrogens is 3. The third-order valence-corrected chi connectivity index (χ3v) is 3.20. The van der Waals surface area contributed by atoms with Crippen LogP contribution in [-0.4, -0.2) is 26.9 Å². The van der Waals surface area contributed by atoms with Gasteiger partial charge in [0.05, 0.1) is 10.7 Å². The van der Waals surface area contributed by atoms with Gasteiger partial charge in [-0.1, -0.05) is 11.6 Å². The molecule has 0 fully saturated rings. The second-order valence-corrected chi connectivity index (χ2v) is 4.72. The number of anilines is 1. The van der Waals surface area contributed by atoms with Crippen LogP contribution in [0.3, 0.4) is 0 Å². The number of rotatable bonds is 3. The van der Waals surface area contributed by atoms with Gasteiger partial charge in [-0.3, -0.25) is 9.48 Å². The van der Waals surface area contributed by atoms with Gasteiger partial charge in [0, 0.05) is 19.4 Å². The Morgan fingerprint density at radius 1 is 1.56 bits per heavy atom. The minimum atomic E-state index is -0.344. The van der Waals surface area contributed by atoms with Gasteiger partial charge >= 0.3 is 0 Å². The summed E-state index contributed by atoms with van der Waals surface area (Å²) in [5, 5.41) is 7.83. The fourth-order valence-electron chi connectivity index (χ4n) is 1.44. The summed E-state index contributed by atoms with van der Waals surface area (Å²) in [6, 6.07) is 3.54. The molecule has 1 N–H and O–H groups in total. The first-order valence-corrected chi connectivity index (χ1v) is 6.71. The van der Waals surface area contributed by atoms with Gasteiger partial charge in [0.1, 0.15) is 5.03 Å². The van der Waals surface area contributed by atoms with Gasteiger partial charge in [-0.15, -0.1) is 11.8 Å². The Bertz CT molecular complexity index is 584. The number of aryl methyl sites for hydroxylation is 1. The Balaban J connectivity index is 2.24. The highest BCUT2D eigenvalue weighted by atomic mass is 35.5. The first-order chi connectivity index (χ1) is 8.61. The van der Waals surface area contributed by atoms with E-state index in [1.807, 2.05) is 6.26 Å². The number of nitrogens with zero attached hydrogens (tertiary/aromatic N) is 3. The van der Waals surface area contributed by atoms with E-state index in [1.54, 1.807) is 31.6 Å². The highest BCUT2D eigenvalue weighted by Crippen LogP contribution is 2.23. The van der Waals surface area contributed by atoms with E-state index in [4.69, 9.17) is 11.6 Å². The second kappa shape index (κ2) is 5.41. The molecule has 0 bridgehead atoms. The predicted molar refractivity (Wildman–Crippen MR) is 72.2 cm³/mol. The van der Waals surface area contributed by atoms with Gasteiger partial charge in [-0.2, -0.15) is 5.10 Å². The molecule has 18 heavy (non-hydrogen) atoms. The summed E-state index contributed by atoms with van der Waals surface area (Å²) in [7, 11) is 1.71. The van der Waals surface area contributed by atoms with Crippen LogP contribution in [-0.2, 0) is 7.05 Å². The summed E-state index contributed by atoms with van der Waals surface area (Å²) >= 11 is 7.37. The highest BCUT2D eigenvalue weighted by Gasteiger charge is 2.16. The van der Waals surface area contributed by atoms with Gasteiger partial charge in [-0.05, 0) is 18.4 Å². The van der Waals surface area contributed by atoms with Crippen molar-refractivity contribution in [2.24, 2.45) is 7.05 Å². The molecule has 0 aromatic carbocycles. The van der Waals surface area contributed by atoms with E-state index in [2.05, 4.69) is 15.4 Å². The standard InChI is InChI=1S/C11H11ClN4OS/c1-16-6-7(12)9(15-16)10(17)14-8-4-3-5-13-11(8)18-2/h3-6H,1-2H3,(H,14,17). The lowest BCUT2D eigenvalue weighted by Gasteiger charge is -2.06. The minimum absolute atomic E-state index is 0.204. The minimum Gasteiger partial charge on any atom is -0.318 e. The normalized spacial score (nSPS) is 10.4. The van der Waals surface area contributed by atoms with Crippen LogP contribution in [0, 0.1) is 0 Å². The molecule has 5 nitrogen and oxygen atoms in total. The zero-order chi connectivity index (χ0) is 13.1. The van der Waals surface area contributed by atoms with Crippen molar-refractivity contribution in [3.63, 3.8) is 0 Å². The number of hydrogen-bond acceptors (Lipinski definition) is 4. The Hall–Kier alpha value is -1.53. The fraction of sp³-hybridized carbons (Fsp3) is 0.182. The average Bonchev–Trinajstić information content (AvgIpc) is 2.69. The SMILES string of the molecule is CSc1ncccc1NC(=O)c1nn(C)cc1Cl. The number of hydrogen-bond donors (Lipinski definition) is 1. The molecule has 0 atom stereocenters. The van der Waals surface area contributed by atoms with Crippen LogP contribution in [0.1, 0.15) is 10.5 Å². The summed E-state index contributed by atoms with van der Waals surface area (Å²) in [6.45, 7) is 0. The molecule has 94 valence electrons. The molecule has 2 aromatic rings. The summed E-state index contributed by atoms with van der Waals surface area (Å²) < 4.78 is 1.50. The lowest BCUT2D eigenvalue weighted by Crippen LogP contribution is -2.14. The number of halogens is 1. The van der Waals surface area contributed by atoms with Crippen LogP contribution in [0.15, 0.2) is 29.6 Å². The van der Waals surface area contributed by atoms with E-state index in [1.165, 1.54) is 16.4 Å². The van der Waals surface area contributed by atoms with Crippen molar-refractivity contribution in [2.45, 2.75) is 5.03 Å². The molecule has 2 rings (SSSR count). The van der Waals surface area contributed by atoms with Crippen molar-refractivity contribution in [1.29, 1.82) is 0 Å². The Morgan fingerprint density at radius 3 is 2.94 bits per heavy atom. The molecule has 1 amide bonds. The average molecular weight is 283 g/mol. The molecular formula is C11H11ClN4OS. The topological polar surface area (TPSA) is 59.8 Å². The van der Waals surface area contributed by atoms with Crippen LogP contribution in [0.4, 0.5) is 5.69 Å². The predicted octanol–water partition coefficient (Wildman–Crippen LogP) is 2.44. The molecule has 0 spiro atoms. The number of amides is 1. The molecule has 0 unspecified atom stereocenters.